The molecule has 5 heterocycles. The van der Waals surface area contributed by atoms with Gasteiger partial charge < -0.3 is 15.5 Å². The third kappa shape index (κ3) is 6.09. The van der Waals surface area contributed by atoms with Crippen LogP contribution in [0.3, 0.4) is 0 Å². The van der Waals surface area contributed by atoms with Crippen LogP contribution in [0, 0.1) is 5.41 Å². The van der Waals surface area contributed by atoms with E-state index in [0.717, 1.165) is 42.8 Å². The number of ketones is 1. The summed E-state index contributed by atoms with van der Waals surface area (Å²) in [6.07, 6.45) is 7.44. The zero-order chi connectivity index (χ0) is 28.9. The number of nitrogens with one attached hydrogen (secondary N) is 1. The van der Waals surface area contributed by atoms with Crippen LogP contribution in [-0.4, -0.2) is 78.9 Å². The molecule has 6 rings (SSSR count). The highest BCUT2D eigenvalue weighted by atomic mass is 35.5. The van der Waals surface area contributed by atoms with Gasteiger partial charge in [0.1, 0.15) is 16.4 Å². The average Bonchev–Trinajstić information content (AvgIpc) is 3.57. The number of hydrogen-bond acceptors (Lipinski definition) is 9. The lowest BCUT2D eigenvalue weighted by Gasteiger charge is -2.44. The predicted molar refractivity (Wildman–Crippen MR) is 166 cm³/mol. The molecule has 0 aromatic carbocycles. The van der Waals surface area contributed by atoms with Crippen LogP contribution in [-0.2, 0) is 29.5 Å². The lowest BCUT2D eigenvalue weighted by atomic mass is 9.73. The third-order valence-corrected chi connectivity index (χ3v) is 10.1. The van der Waals surface area contributed by atoms with Gasteiger partial charge in [-0.25, -0.2) is 15.0 Å². The molecule has 3 aliphatic rings. The Bertz CT molecular complexity index is 1460. The predicted octanol–water partition coefficient (Wildman–Crippen LogP) is 4.24. The van der Waals surface area contributed by atoms with E-state index < -0.39 is 0 Å². The summed E-state index contributed by atoms with van der Waals surface area (Å²) in [6, 6.07) is 0.587. The molecule has 0 atom stereocenters. The van der Waals surface area contributed by atoms with Gasteiger partial charge in [-0.3, -0.25) is 14.7 Å². The lowest BCUT2D eigenvalue weighted by Crippen LogP contribution is -2.50. The molecule has 1 aliphatic carbocycles. The molecule has 1 amide bonds. The Hall–Kier alpha value is -2.89. The number of nitrogens with zero attached hydrogens (tertiary/aromatic N) is 6. The number of nitrogen functional groups attached to an aromatic ring is 1. The van der Waals surface area contributed by atoms with E-state index in [0.29, 0.717) is 40.0 Å². The van der Waals surface area contributed by atoms with Crippen molar-refractivity contribution in [2.45, 2.75) is 84.1 Å². The smallest absolute Gasteiger partial charge is 0.228 e. The maximum absolute atomic E-state index is 13.4. The molecule has 2 aliphatic heterocycles. The van der Waals surface area contributed by atoms with Crippen molar-refractivity contribution in [1.29, 1.82) is 0 Å². The van der Waals surface area contributed by atoms with Gasteiger partial charge in [0.2, 0.25) is 11.9 Å². The minimum Gasteiger partial charge on any atom is -0.368 e. The number of aromatic nitrogens is 5. The van der Waals surface area contributed by atoms with Crippen molar-refractivity contribution in [1.82, 2.24) is 34.9 Å². The fourth-order valence-electron chi connectivity index (χ4n) is 6.67. The van der Waals surface area contributed by atoms with Gasteiger partial charge >= 0.3 is 0 Å². The molecule has 2 fully saturated rings. The fraction of sp³-hybridized carbons (Fsp3) is 0.600. The Morgan fingerprint density at radius 2 is 1.76 bits per heavy atom. The number of likely N-dealkylation sites (tertiary alicyclic amines) is 2. The molecular weight excluding hydrogens is 572 g/mol. The zero-order valence-electron chi connectivity index (χ0n) is 24.9. The van der Waals surface area contributed by atoms with E-state index in [-0.39, 0.29) is 48.3 Å². The van der Waals surface area contributed by atoms with Crippen LogP contribution in [0.5, 0.6) is 0 Å². The first-order valence-corrected chi connectivity index (χ1v) is 15.6. The van der Waals surface area contributed by atoms with E-state index in [1.807, 2.05) is 10.3 Å². The number of fused-ring (bicyclic) bond motifs is 3. The van der Waals surface area contributed by atoms with Gasteiger partial charge in [0.15, 0.2) is 5.78 Å². The monoisotopic (exact) mass is 612 g/mol. The van der Waals surface area contributed by atoms with Crippen molar-refractivity contribution in [2.24, 2.45) is 5.41 Å². The van der Waals surface area contributed by atoms with Crippen LogP contribution < -0.4 is 5.73 Å². The molecule has 0 saturated carbocycles. The van der Waals surface area contributed by atoms with Crippen molar-refractivity contribution >= 4 is 41.4 Å². The van der Waals surface area contributed by atoms with Gasteiger partial charge in [-0.15, -0.1) is 23.7 Å². The molecule has 2 saturated heterocycles. The third-order valence-electron chi connectivity index (χ3n) is 9.19. The van der Waals surface area contributed by atoms with Crippen LogP contribution in [0.2, 0.25) is 0 Å². The Morgan fingerprint density at radius 1 is 1.05 bits per heavy atom. The van der Waals surface area contributed by atoms with Crippen LogP contribution in [0.25, 0.3) is 11.4 Å². The second-order valence-electron chi connectivity index (χ2n) is 13.3. The maximum atomic E-state index is 13.4. The highest BCUT2D eigenvalue weighted by Crippen LogP contribution is 2.43. The standard InChI is InChI=1S/C30H40N8O2S.ClH/c1-29(2)7-11-37(12-8-29)20-5-9-38(10-6-20)23(40)13-19-17-41-22(33-19)14-21(39)26-24-27(36-35-26)25-18(15-30(24,3)4)16-32-28(31)34-25;/h16-17,20H,5-15H2,1-4H3,(H,35,36)(H2,31,32,34);1H. The highest BCUT2D eigenvalue weighted by molar-refractivity contribution is 7.09. The molecular formula is C30H41ClN8O2S. The molecule has 3 aromatic heterocycles. The normalized spacial score (nSPS) is 20.0. The number of aromatic amines is 1. The minimum absolute atomic E-state index is 0. The summed E-state index contributed by atoms with van der Waals surface area (Å²) in [5.74, 6) is 0.231. The quantitative estimate of drug-likeness (QED) is 0.395. The van der Waals surface area contributed by atoms with Crippen LogP contribution in [0.15, 0.2) is 11.6 Å². The molecule has 10 nitrogen and oxygen atoms in total. The van der Waals surface area contributed by atoms with Crippen molar-refractivity contribution in [2.75, 3.05) is 31.9 Å². The number of hydrogen-bond donors (Lipinski definition) is 2. The van der Waals surface area contributed by atoms with E-state index in [1.165, 1.54) is 37.3 Å². The van der Waals surface area contributed by atoms with Crippen molar-refractivity contribution in [3.63, 3.8) is 0 Å². The summed E-state index contributed by atoms with van der Waals surface area (Å²) in [6.45, 7) is 12.9. The molecule has 3 aromatic rings. The van der Waals surface area contributed by atoms with Crippen LogP contribution >= 0.6 is 23.7 Å². The summed E-state index contributed by atoms with van der Waals surface area (Å²) >= 11 is 1.43. The Morgan fingerprint density at radius 3 is 2.48 bits per heavy atom. The summed E-state index contributed by atoms with van der Waals surface area (Å²) in [4.78, 5) is 44.4. The van der Waals surface area contributed by atoms with Crippen molar-refractivity contribution in [3.05, 3.63) is 39.1 Å². The van der Waals surface area contributed by atoms with E-state index in [9.17, 15) is 9.59 Å². The number of piperidine rings is 2. The SMILES string of the molecule is CC1(C)CCN(C2CCN(C(=O)Cc3csc(CC(=O)c4[nH]nc5c4C(C)(C)Cc4cnc(N)nc4-5)n3)CC2)CC1.Cl. The lowest BCUT2D eigenvalue weighted by molar-refractivity contribution is -0.132. The number of anilines is 1. The van der Waals surface area contributed by atoms with E-state index in [2.05, 4.69) is 57.7 Å². The number of carbonyl (C=O) groups is 2. The van der Waals surface area contributed by atoms with Gasteiger partial charge in [0.25, 0.3) is 0 Å². The molecule has 42 heavy (non-hydrogen) atoms. The number of Topliss-reactive ketones (excluding diaryl/α,β-unsaturated/α-hetero) is 1. The van der Waals surface area contributed by atoms with E-state index in [1.54, 1.807) is 6.20 Å². The van der Waals surface area contributed by atoms with E-state index in [4.69, 9.17) is 5.73 Å². The van der Waals surface area contributed by atoms with Gasteiger partial charge in [-0.1, -0.05) is 27.7 Å². The molecule has 0 unspecified atom stereocenters. The minimum atomic E-state index is -0.321. The average molecular weight is 613 g/mol. The first-order valence-electron chi connectivity index (χ1n) is 14.7. The number of rotatable bonds is 6. The number of amides is 1. The van der Waals surface area contributed by atoms with Gasteiger partial charge in [0, 0.05) is 36.3 Å². The topological polar surface area (TPSA) is 134 Å². The highest BCUT2D eigenvalue weighted by Gasteiger charge is 2.39. The van der Waals surface area contributed by atoms with Crippen LogP contribution in [0.1, 0.15) is 85.7 Å². The largest absolute Gasteiger partial charge is 0.368 e. The summed E-state index contributed by atoms with van der Waals surface area (Å²) < 4.78 is 0. The first-order chi connectivity index (χ1) is 19.5. The summed E-state index contributed by atoms with van der Waals surface area (Å²) in [5, 5.41) is 10.1. The number of thiazole rings is 1. The Balaban J connectivity index is 0.00000353. The Labute approximate surface area is 257 Å². The van der Waals surface area contributed by atoms with Crippen LogP contribution in [0.4, 0.5) is 5.95 Å². The van der Waals surface area contributed by atoms with Crippen molar-refractivity contribution in [3.8, 4) is 11.4 Å². The van der Waals surface area contributed by atoms with Gasteiger partial charge in [0.05, 0.1) is 24.2 Å². The fourth-order valence-corrected chi connectivity index (χ4v) is 7.46. The second-order valence-corrected chi connectivity index (χ2v) is 14.2. The molecule has 226 valence electrons. The molecule has 0 radical (unpaired) electrons. The zero-order valence-corrected chi connectivity index (χ0v) is 26.5. The molecule has 0 bridgehead atoms. The summed E-state index contributed by atoms with van der Waals surface area (Å²) in [5.41, 5.74) is 10.4. The number of halogens is 1. The van der Waals surface area contributed by atoms with Crippen molar-refractivity contribution < 1.29 is 9.59 Å². The first kappa shape index (κ1) is 30.6. The molecule has 12 heteroatoms. The number of nitrogens with two attached hydrogens (primary N) is 1. The Kier molecular flexibility index (Phi) is 8.48. The number of H-pyrrole nitrogens is 1. The van der Waals surface area contributed by atoms with Gasteiger partial charge in [-0.2, -0.15) is 5.10 Å². The second kappa shape index (κ2) is 11.7. The maximum Gasteiger partial charge on any atom is 0.228 e. The van der Waals surface area contributed by atoms with Gasteiger partial charge in [-0.05, 0) is 61.6 Å². The molecule has 3 N–H and O–H groups in total. The summed E-state index contributed by atoms with van der Waals surface area (Å²) in [7, 11) is 0. The van der Waals surface area contributed by atoms with E-state index >= 15 is 0 Å². The number of carbonyl (C=O) groups excluding carboxylic acids is 2. The molecule has 0 spiro atoms.